The van der Waals surface area contributed by atoms with Crippen LogP contribution in [-0.2, 0) is 0 Å². The Bertz CT molecular complexity index is 614. The van der Waals surface area contributed by atoms with Gasteiger partial charge < -0.3 is 9.73 Å². The normalized spacial score (nSPS) is 12.4. The standard InChI is InChI=1S/C14H16FN3O3/c1-17(2)13(14-4-3-7-21-14)9-16-11-6-5-10(15)8-12(11)18(19)20/h3-8,13,16H,9H2,1-2H3. The van der Waals surface area contributed by atoms with Crippen LogP contribution in [0.25, 0.3) is 0 Å². The van der Waals surface area contributed by atoms with E-state index in [-0.39, 0.29) is 17.4 Å². The molecule has 0 aliphatic heterocycles. The molecular formula is C14H16FN3O3. The van der Waals surface area contributed by atoms with E-state index in [0.29, 0.717) is 6.54 Å². The van der Waals surface area contributed by atoms with E-state index >= 15 is 0 Å². The van der Waals surface area contributed by atoms with Crippen LogP contribution in [0.2, 0.25) is 0 Å². The zero-order valence-electron chi connectivity index (χ0n) is 11.7. The minimum absolute atomic E-state index is 0.0929. The molecule has 1 N–H and O–H groups in total. The molecule has 0 bridgehead atoms. The molecule has 21 heavy (non-hydrogen) atoms. The number of nitro groups is 1. The minimum Gasteiger partial charge on any atom is -0.468 e. The maximum Gasteiger partial charge on any atom is 0.295 e. The summed E-state index contributed by atoms with van der Waals surface area (Å²) in [6.45, 7) is 0.396. The Morgan fingerprint density at radius 3 is 2.76 bits per heavy atom. The number of nitrogens with zero attached hydrogens (tertiary/aromatic N) is 2. The largest absolute Gasteiger partial charge is 0.468 e. The number of nitro benzene ring substituents is 1. The molecule has 7 heteroatoms. The summed E-state index contributed by atoms with van der Waals surface area (Å²) in [6, 6.07) is 6.98. The van der Waals surface area contributed by atoms with Crippen molar-refractivity contribution in [3.63, 3.8) is 0 Å². The highest BCUT2D eigenvalue weighted by Crippen LogP contribution is 2.27. The molecule has 0 fully saturated rings. The molecule has 112 valence electrons. The first kappa shape index (κ1) is 15.0. The van der Waals surface area contributed by atoms with Gasteiger partial charge in [-0.25, -0.2) is 4.39 Å². The van der Waals surface area contributed by atoms with Crippen LogP contribution < -0.4 is 5.32 Å². The maximum atomic E-state index is 13.1. The summed E-state index contributed by atoms with van der Waals surface area (Å²) in [5, 5.41) is 13.9. The van der Waals surface area contributed by atoms with Crippen molar-refractivity contribution in [3.8, 4) is 0 Å². The van der Waals surface area contributed by atoms with Crippen LogP contribution in [0.15, 0.2) is 41.0 Å². The Balaban J connectivity index is 2.16. The molecule has 0 aliphatic rings. The number of rotatable bonds is 6. The third-order valence-electron chi connectivity index (χ3n) is 3.14. The quantitative estimate of drug-likeness (QED) is 0.654. The van der Waals surface area contributed by atoms with Gasteiger partial charge in [-0.3, -0.25) is 15.0 Å². The Hall–Kier alpha value is -2.41. The molecular weight excluding hydrogens is 277 g/mol. The van der Waals surface area contributed by atoms with Crippen molar-refractivity contribution in [2.45, 2.75) is 6.04 Å². The molecule has 1 aromatic heterocycles. The first-order valence-electron chi connectivity index (χ1n) is 6.36. The van der Waals surface area contributed by atoms with E-state index in [9.17, 15) is 14.5 Å². The number of hydrogen-bond donors (Lipinski definition) is 1. The van der Waals surface area contributed by atoms with Crippen molar-refractivity contribution in [1.82, 2.24) is 4.90 Å². The molecule has 2 aromatic rings. The number of likely N-dealkylation sites (N-methyl/N-ethyl adjacent to an activating group) is 1. The van der Waals surface area contributed by atoms with Gasteiger partial charge in [0.15, 0.2) is 0 Å². The third kappa shape index (κ3) is 3.57. The van der Waals surface area contributed by atoms with E-state index in [2.05, 4.69) is 5.32 Å². The lowest BCUT2D eigenvalue weighted by Gasteiger charge is -2.23. The van der Waals surface area contributed by atoms with Gasteiger partial charge in [-0.2, -0.15) is 0 Å². The van der Waals surface area contributed by atoms with Gasteiger partial charge in [-0.05, 0) is 38.4 Å². The molecule has 6 nitrogen and oxygen atoms in total. The van der Waals surface area contributed by atoms with Crippen LogP contribution in [0.1, 0.15) is 11.8 Å². The van der Waals surface area contributed by atoms with Crippen LogP contribution in [0.3, 0.4) is 0 Å². The topological polar surface area (TPSA) is 71.5 Å². The smallest absolute Gasteiger partial charge is 0.295 e. The molecule has 0 saturated heterocycles. The van der Waals surface area contributed by atoms with Gasteiger partial charge in [0, 0.05) is 6.54 Å². The SMILES string of the molecule is CN(C)C(CNc1ccc(F)cc1[N+](=O)[O-])c1ccco1. The highest BCUT2D eigenvalue weighted by molar-refractivity contribution is 5.61. The van der Waals surface area contributed by atoms with Crippen molar-refractivity contribution in [1.29, 1.82) is 0 Å². The molecule has 0 radical (unpaired) electrons. The predicted octanol–water partition coefficient (Wildman–Crippen LogP) is 3.04. The molecule has 0 amide bonds. The average Bonchev–Trinajstić information content (AvgIpc) is 2.93. The lowest BCUT2D eigenvalue weighted by atomic mass is 10.2. The maximum absolute atomic E-state index is 13.1. The van der Waals surface area contributed by atoms with Crippen LogP contribution in [0, 0.1) is 15.9 Å². The lowest BCUT2D eigenvalue weighted by Crippen LogP contribution is -2.26. The van der Waals surface area contributed by atoms with Crippen LogP contribution in [0.5, 0.6) is 0 Å². The minimum atomic E-state index is -0.637. The predicted molar refractivity (Wildman–Crippen MR) is 76.7 cm³/mol. The summed E-state index contributed by atoms with van der Waals surface area (Å²) in [7, 11) is 3.77. The van der Waals surface area contributed by atoms with Crippen LogP contribution in [0.4, 0.5) is 15.8 Å². The number of benzene rings is 1. The molecule has 0 saturated carbocycles. The lowest BCUT2D eigenvalue weighted by molar-refractivity contribution is -0.384. The second-order valence-electron chi connectivity index (χ2n) is 4.79. The first-order valence-corrected chi connectivity index (χ1v) is 6.36. The summed E-state index contributed by atoms with van der Waals surface area (Å²) in [5.74, 6) is 0.111. The zero-order chi connectivity index (χ0) is 15.4. The van der Waals surface area contributed by atoms with Gasteiger partial charge in [0.2, 0.25) is 0 Å². The molecule has 0 aliphatic carbocycles. The fraction of sp³-hybridized carbons (Fsp3) is 0.286. The van der Waals surface area contributed by atoms with Crippen molar-refractivity contribution in [3.05, 3.63) is 58.3 Å². The van der Waals surface area contributed by atoms with E-state index in [4.69, 9.17) is 4.42 Å². The van der Waals surface area contributed by atoms with Crippen molar-refractivity contribution in [2.75, 3.05) is 26.0 Å². The second-order valence-corrected chi connectivity index (χ2v) is 4.79. The van der Waals surface area contributed by atoms with Gasteiger partial charge in [-0.15, -0.1) is 0 Å². The fourth-order valence-electron chi connectivity index (χ4n) is 2.03. The molecule has 1 unspecified atom stereocenters. The summed E-state index contributed by atoms with van der Waals surface area (Å²) in [6.07, 6.45) is 1.58. The van der Waals surface area contributed by atoms with Crippen LogP contribution >= 0.6 is 0 Å². The Kier molecular flexibility index (Phi) is 4.54. The highest BCUT2D eigenvalue weighted by atomic mass is 19.1. The summed E-state index contributed by atoms with van der Waals surface area (Å²) in [4.78, 5) is 12.3. The first-order chi connectivity index (χ1) is 9.99. The van der Waals surface area contributed by atoms with E-state index in [1.165, 1.54) is 12.1 Å². The monoisotopic (exact) mass is 293 g/mol. The number of nitrogens with one attached hydrogen (secondary N) is 1. The highest BCUT2D eigenvalue weighted by Gasteiger charge is 2.20. The number of halogens is 1. The summed E-state index contributed by atoms with van der Waals surface area (Å²) >= 11 is 0. The molecule has 0 spiro atoms. The van der Waals surface area contributed by atoms with Gasteiger partial charge in [-0.1, -0.05) is 0 Å². The van der Waals surface area contributed by atoms with E-state index in [1.807, 2.05) is 25.1 Å². The molecule has 1 atom stereocenters. The van der Waals surface area contributed by atoms with Gasteiger partial charge >= 0.3 is 0 Å². The van der Waals surface area contributed by atoms with Crippen molar-refractivity contribution in [2.24, 2.45) is 0 Å². The van der Waals surface area contributed by atoms with Gasteiger partial charge in [0.1, 0.15) is 17.3 Å². The van der Waals surface area contributed by atoms with Crippen molar-refractivity contribution >= 4 is 11.4 Å². The molecule has 1 heterocycles. The summed E-state index contributed by atoms with van der Waals surface area (Å²) in [5.41, 5.74) is -0.00763. The van der Waals surface area contributed by atoms with Gasteiger partial charge in [0.05, 0.1) is 23.3 Å². The number of anilines is 1. The summed E-state index contributed by atoms with van der Waals surface area (Å²) < 4.78 is 18.5. The zero-order valence-corrected chi connectivity index (χ0v) is 11.7. The Morgan fingerprint density at radius 2 is 2.19 bits per heavy atom. The van der Waals surface area contributed by atoms with Crippen LogP contribution in [-0.4, -0.2) is 30.5 Å². The molecule has 1 aromatic carbocycles. The Morgan fingerprint density at radius 1 is 1.43 bits per heavy atom. The third-order valence-corrected chi connectivity index (χ3v) is 3.14. The Labute approximate surface area is 121 Å². The van der Waals surface area contributed by atoms with E-state index < -0.39 is 10.7 Å². The van der Waals surface area contributed by atoms with E-state index in [0.717, 1.165) is 11.8 Å². The van der Waals surface area contributed by atoms with Gasteiger partial charge in [0.25, 0.3) is 5.69 Å². The fourth-order valence-corrected chi connectivity index (χ4v) is 2.03. The number of hydrogen-bond acceptors (Lipinski definition) is 5. The van der Waals surface area contributed by atoms with E-state index in [1.54, 1.807) is 12.3 Å². The number of furan rings is 1. The average molecular weight is 293 g/mol. The molecule has 2 rings (SSSR count). The second kappa shape index (κ2) is 6.36. The van der Waals surface area contributed by atoms with Crippen molar-refractivity contribution < 1.29 is 13.7 Å².